The SMILES string of the molecule is O=C(O)CCCNC(=O)c1cc(F)ccc1F. The summed E-state index contributed by atoms with van der Waals surface area (Å²) in [5.41, 5.74) is -0.389. The maximum Gasteiger partial charge on any atom is 0.303 e. The standard InChI is InChI=1S/C11H11F2NO3/c12-7-3-4-9(13)8(6-7)11(17)14-5-1-2-10(15)16/h3-4,6H,1-2,5H2,(H,14,17)(H,15,16). The second-order valence-electron chi connectivity index (χ2n) is 3.38. The molecule has 0 aliphatic carbocycles. The summed E-state index contributed by atoms with van der Waals surface area (Å²) in [6.07, 6.45) is 0.143. The second kappa shape index (κ2) is 5.93. The minimum atomic E-state index is -0.976. The van der Waals surface area contributed by atoms with Crippen LogP contribution < -0.4 is 5.32 Å². The van der Waals surface area contributed by atoms with E-state index in [4.69, 9.17) is 5.11 Å². The Morgan fingerprint density at radius 2 is 2.00 bits per heavy atom. The van der Waals surface area contributed by atoms with Crippen LogP contribution in [0, 0.1) is 11.6 Å². The number of rotatable bonds is 5. The van der Waals surface area contributed by atoms with Crippen LogP contribution in [0.5, 0.6) is 0 Å². The molecule has 17 heavy (non-hydrogen) atoms. The largest absolute Gasteiger partial charge is 0.481 e. The predicted octanol–water partition coefficient (Wildman–Crippen LogP) is 1.56. The normalized spacial score (nSPS) is 10.0. The molecule has 1 aromatic carbocycles. The molecule has 0 aliphatic heterocycles. The third-order valence-corrected chi connectivity index (χ3v) is 2.03. The Morgan fingerprint density at radius 1 is 1.29 bits per heavy atom. The molecule has 0 aromatic heterocycles. The quantitative estimate of drug-likeness (QED) is 0.771. The van der Waals surface area contributed by atoms with E-state index in [1.807, 2.05) is 0 Å². The van der Waals surface area contributed by atoms with Gasteiger partial charge in [0.05, 0.1) is 5.56 Å². The first-order valence-electron chi connectivity index (χ1n) is 4.95. The van der Waals surface area contributed by atoms with Crippen molar-refractivity contribution in [3.05, 3.63) is 35.4 Å². The summed E-state index contributed by atoms with van der Waals surface area (Å²) in [5, 5.41) is 10.7. The zero-order valence-electron chi connectivity index (χ0n) is 8.87. The number of carboxylic acids is 1. The number of carbonyl (C=O) groups is 2. The number of carbonyl (C=O) groups excluding carboxylic acids is 1. The summed E-state index contributed by atoms with van der Waals surface area (Å²) >= 11 is 0. The average molecular weight is 243 g/mol. The third kappa shape index (κ3) is 4.18. The van der Waals surface area contributed by atoms with Gasteiger partial charge in [0.25, 0.3) is 5.91 Å². The van der Waals surface area contributed by atoms with E-state index in [9.17, 15) is 18.4 Å². The smallest absolute Gasteiger partial charge is 0.303 e. The number of hydrogen-bond acceptors (Lipinski definition) is 2. The maximum atomic E-state index is 13.1. The van der Waals surface area contributed by atoms with Crippen molar-refractivity contribution in [1.29, 1.82) is 0 Å². The van der Waals surface area contributed by atoms with Crippen molar-refractivity contribution in [3.8, 4) is 0 Å². The molecule has 1 amide bonds. The highest BCUT2D eigenvalue weighted by molar-refractivity contribution is 5.94. The second-order valence-corrected chi connectivity index (χ2v) is 3.38. The van der Waals surface area contributed by atoms with Gasteiger partial charge in [0.2, 0.25) is 0 Å². The number of carboxylic acid groups (broad SMARTS) is 1. The number of aliphatic carboxylic acids is 1. The zero-order chi connectivity index (χ0) is 12.8. The molecule has 0 unspecified atom stereocenters. The number of halogens is 2. The lowest BCUT2D eigenvalue weighted by molar-refractivity contribution is -0.137. The number of hydrogen-bond donors (Lipinski definition) is 2. The first-order valence-corrected chi connectivity index (χ1v) is 4.95. The zero-order valence-corrected chi connectivity index (χ0v) is 8.87. The van der Waals surface area contributed by atoms with E-state index >= 15 is 0 Å². The number of amides is 1. The molecule has 0 saturated heterocycles. The minimum Gasteiger partial charge on any atom is -0.481 e. The Bertz CT molecular complexity index is 435. The lowest BCUT2D eigenvalue weighted by Gasteiger charge is -2.05. The Kier molecular flexibility index (Phi) is 4.56. The molecular weight excluding hydrogens is 232 g/mol. The van der Waals surface area contributed by atoms with Crippen LogP contribution in [0.4, 0.5) is 8.78 Å². The molecule has 2 N–H and O–H groups in total. The molecule has 92 valence electrons. The van der Waals surface area contributed by atoms with E-state index in [1.54, 1.807) is 0 Å². The van der Waals surface area contributed by atoms with Gasteiger partial charge in [-0.3, -0.25) is 9.59 Å². The van der Waals surface area contributed by atoms with Gasteiger partial charge in [-0.25, -0.2) is 8.78 Å². The Balaban J connectivity index is 2.52. The molecule has 0 fully saturated rings. The van der Waals surface area contributed by atoms with E-state index < -0.39 is 23.5 Å². The molecule has 1 aromatic rings. The van der Waals surface area contributed by atoms with Crippen LogP contribution in [0.25, 0.3) is 0 Å². The molecule has 0 bridgehead atoms. The fourth-order valence-electron chi connectivity index (χ4n) is 1.21. The van der Waals surface area contributed by atoms with Crippen LogP contribution in [-0.2, 0) is 4.79 Å². The molecule has 0 atom stereocenters. The van der Waals surface area contributed by atoms with Crippen LogP contribution in [-0.4, -0.2) is 23.5 Å². The first-order chi connectivity index (χ1) is 8.00. The summed E-state index contributed by atoms with van der Waals surface area (Å²) in [4.78, 5) is 21.6. The van der Waals surface area contributed by atoms with Gasteiger partial charge < -0.3 is 10.4 Å². The lowest BCUT2D eigenvalue weighted by Crippen LogP contribution is -2.25. The van der Waals surface area contributed by atoms with Gasteiger partial charge in [-0.05, 0) is 24.6 Å². The molecule has 0 aliphatic rings. The topological polar surface area (TPSA) is 66.4 Å². The maximum absolute atomic E-state index is 13.1. The van der Waals surface area contributed by atoms with Crippen molar-refractivity contribution in [1.82, 2.24) is 5.32 Å². The van der Waals surface area contributed by atoms with Crippen LogP contribution in [0.15, 0.2) is 18.2 Å². The fourth-order valence-corrected chi connectivity index (χ4v) is 1.21. The molecule has 0 spiro atoms. The summed E-state index contributed by atoms with van der Waals surface area (Å²) in [7, 11) is 0. The Morgan fingerprint density at radius 3 is 2.65 bits per heavy atom. The molecule has 6 heteroatoms. The number of benzene rings is 1. The highest BCUT2D eigenvalue weighted by atomic mass is 19.1. The highest BCUT2D eigenvalue weighted by Gasteiger charge is 2.12. The van der Waals surface area contributed by atoms with Gasteiger partial charge in [-0.15, -0.1) is 0 Å². The van der Waals surface area contributed by atoms with Crippen LogP contribution in [0.2, 0.25) is 0 Å². The summed E-state index contributed by atoms with van der Waals surface area (Å²) < 4.78 is 25.9. The average Bonchev–Trinajstić information content (AvgIpc) is 2.27. The van der Waals surface area contributed by atoms with Crippen LogP contribution >= 0.6 is 0 Å². The van der Waals surface area contributed by atoms with E-state index in [0.29, 0.717) is 0 Å². The van der Waals surface area contributed by atoms with Gasteiger partial charge in [0, 0.05) is 13.0 Å². The molecule has 4 nitrogen and oxygen atoms in total. The van der Waals surface area contributed by atoms with Gasteiger partial charge >= 0.3 is 5.97 Å². The number of nitrogens with one attached hydrogen (secondary N) is 1. The lowest BCUT2D eigenvalue weighted by atomic mass is 10.2. The van der Waals surface area contributed by atoms with E-state index in [1.165, 1.54) is 0 Å². The van der Waals surface area contributed by atoms with Gasteiger partial charge in [0.15, 0.2) is 0 Å². The molecule has 0 heterocycles. The van der Waals surface area contributed by atoms with Gasteiger partial charge in [0.1, 0.15) is 11.6 Å². The Hall–Kier alpha value is -1.98. The van der Waals surface area contributed by atoms with Gasteiger partial charge in [-0.1, -0.05) is 0 Å². The van der Waals surface area contributed by atoms with Crippen molar-refractivity contribution in [2.45, 2.75) is 12.8 Å². The predicted molar refractivity (Wildman–Crippen MR) is 55.6 cm³/mol. The van der Waals surface area contributed by atoms with E-state index in [2.05, 4.69) is 5.32 Å². The Labute approximate surface area is 96.3 Å². The monoisotopic (exact) mass is 243 g/mol. The molecule has 0 saturated carbocycles. The van der Waals surface area contributed by atoms with Gasteiger partial charge in [-0.2, -0.15) is 0 Å². The molecule has 0 radical (unpaired) electrons. The van der Waals surface area contributed by atoms with E-state index in [-0.39, 0.29) is 24.9 Å². The van der Waals surface area contributed by atoms with Crippen LogP contribution in [0.3, 0.4) is 0 Å². The van der Waals surface area contributed by atoms with E-state index in [0.717, 1.165) is 18.2 Å². The van der Waals surface area contributed by atoms with Crippen molar-refractivity contribution in [3.63, 3.8) is 0 Å². The summed E-state index contributed by atoms with van der Waals surface area (Å²) in [5.74, 6) is -3.26. The summed E-state index contributed by atoms with van der Waals surface area (Å²) in [6.45, 7) is 0.0983. The van der Waals surface area contributed by atoms with Crippen LogP contribution in [0.1, 0.15) is 23.2 Å². The summed E-state index contributed by atoms with van der Waals surface area (Å²) in [6, 6.07) is 2.57. The minimum absolute atomic E-state index is 0.0914. The van der Waals surface area contributed by atoms with Crippen molar-refractivity contribution < 1.29 is 23.5 Å². The molecule has 1 rings (SSSR count). The van der Waals surface area contributed by atoms with Crippen molar-refractivity contribution >= 4 is 11.9 Å². The fraction of sp³-hybridized carbons (Fsp3) is 0.273. The first kappa shape index (κ1) is 13.1. The molecular formula is C11H11F2NO3. The third-order valence-electron chi connectivity index (χ3n) is 2.03. The van der Waals surface area contributed by atoms with Crippen molar-refractivity contribution in [2.75, 3.05) is 6.54 Å². The van der Waals surface area contributed by atoms with Crippen molar-refractivity contribution in [2.24, 2.45) is 0 Å². The highest BCUT2D eigenvalue weighted by Crippen LogP contribution is 2.09.